The fourth-order valence-electron chi connectivity index (χ4n) is 3.90. The Morgan fingerprint density at radius 3 is 2.15 bits per heavy atom. The zero-order chi connectivity index (χ0) is 19.7. The Morgan fingerprint density at radius 1 is 0.963 bits per heavy atom. The van der Waals surface area contributed by atoms with E-state index in [0.29, 0.717) is 11.9 Å². The predicted molar refractivity (Wildman–Crippen MR) is 110 cm³/mol. The van der Waals surface area contributed by atoms with Gasteiger partial charge in [-0.25, -0.2) is 0 Å². The van der Waals surface area contributed by atoms with Gasteiger partial charge in [-0.15, -0.1) is 0 Å². The molecule has 0 aromatic heterocycles. The van der Waals surface area contributed by atoms with Gasteiger partial charge in [0.15, 0.2) is 12.1 Å². The van der Waals surface area contributed by atoms with Gasteiger partial charge in [-0.2, -0.15) is 0 Å². The monoisotopic (exact) mass is 450 g/mol. The molecule has 27 heavy (non-hydrogen) atoms. The van der Waals surface area contributed by atoms with Crippen molar-refractivity contribution in [1.82, 2.24) is 0 Å². The maximum atomic E-state index is 10.2. The Balaban J connectivity index is 1.61. The molecule has 2 saturated heterocycles. The van der Waals surface area contributed by atoms with Crippen LogP contribution in [0.3, 0.4) is 0 Å². The van der Waals surface area contributed by atoms with Gasteiger partial charge in [0, 0.05) is 11.9 Å². The van der Waals surface area contributed by atoms with Crippen molar-refractivity contribution in [2.45, 2.75) is 121 Å². The topological polar surface area (TPSA) is 57.2 Å². The van der Waals surface area contributed by atoms with E-state index < -0.39 is 24.3 Å². The van der Waals surface area contributed by atoms with E-state index in [1.54, 1.807) is 0 Å². The number of aliphatic hydroxyl groups excluding tert-OH is 1. The summed E-state index contributed by atoms with van der Waals surface area (Å²) in [7, 11) is 0. The van der Waals surface area contributed by atoms with Crippen LogP contribution in [0, 0.1) is 0 Å². The van der Waals surface area contributed by atoms with Crippen molar-refractivity contribution in [3.63, 3.8) is 0 Å². The molecule has 0 aliphatic carbocycles. The summed E-state index contributed by atoms with van der Waals surface area (Å²) in [6, 6.07) is 0. The van der Waals surface area contributed by atoms with E-state index in [4.69, 9.17) is 18.9 Å². The molecule has 2 aliphatic heterocycles. The summed E-state index contributed by atoms with van der Waals surface area (Å²) in [6.07, 6.45) is 10.9. The second-order valence-electron chi connectivity index (χ2n) is 8.31. The van der Waals surface area contributed by atoms with E-state index in [0.717, 1.165) is 6.42 Å². The van der Waals surface area contributed by atoms with Gasteiger partial charge in [0.05, 0.1) is 6.10 Å². The largest absolute Gasteiger partial charge is 0.389 e. The molecule has 5 atom stereocenters. The van der Waals surface area contributed by atoms with Crippen molar-refractivity contribution in [3.05, 3.63) is 0 Å². The molecule has 160 valence electrons. The van der Waals surface area contributed by atoms with Gasteiger partial charge >= 0.3 is 0 Å². The summed E-state index contributed by atoms with van der Waals surface area (Å²) < 4.78 is 23.7. The molecule has 0 saturated carbocycles. The van der Waals surface area contributed by atoms with E-state index in [9.17, 15) is 5.11 Å². The Morgan fingerprint density at radius 2 is 1.56 bits per heavy atom. The smallest absolute Gasteiger partial charge is 0.190 e. The first-order valence-electron chi connectivity index (χ1n) is 10.8. The molecular weight excluding hydrogens is 412 g/mol. The molecule has 0 aromatic carbocycles. The summed E-state index contributed by atoms with van der Waals surface area (Å²) in [5, 5.41) is 10.7. The van der Waals surface area contributed by atoms with Crippen LogP contribution in [0.15, 0.2) is 0 Å². The van der Waals surface area contributed by atoms with Crippen molar-refractivity contribution in [1.29, 1.82) is 0 Å². The number of fused-ring (bicyclic) bond motifs is 1. The standard InChI is InChI=1S/C21H39BrO5/c1-4-5-6-7-8-9-10-11-12-13-14-24-18-17(16(23)15-22)25-20-19(18)26-21(2,3)27-20/h16-20,23H,4-15H2,1-3H3/t16-,17-,18+,19-,20-/m1/s1. The number of hydrogen-bond donors (Lipinski definition) is 1. The van der Waals surface area contributed by atoms with Crippen LogP contribution in [0.2, 0.25) is 0 Å². The highest BCUT2D eigenvalue weighted by Gasteiger charge is 2.56. The maximum Gasteiger partial charge on any atom is 0.190 e. The van der Waals surface area contributed by atoms with Gasteiger partial charge in [0.1, 0.15) is 18.3 Å². The lowest BCUT2D eigenvalue weighted by Crippen LogP contribution is -2.43. The van der Waals surface area contributed by atoms with Crippen LogP contribution < -0.4 is 0 Å². The Bertz CT molecular complexity index is 406. The zero-order valence-electron chi connectivity index (χ0n) is 17.3. The van der Waals surface area contributed by atoms with Crippen molar-refractivity contribution >= 4 is 15.9 Å². The second kappa shape index (κ2) is 12.1. The first-order chi connectivity index (χ1) is 13.0. The van der Waals surface area contributed by atoms with Crippen molar-refractivity contribution in [2.75, 3.05) is 11.9 Å². The fraction of sp³-hybridized carbons (Fsp3) is 1.00. The van der Waals surface area contributed by atoms with E-state index >= 15 is 0 Å². The number of hydrogen-bond acceptors (Lipinski definition) is 5. The average Bonchev–Trinajstić information content (AvgIpc) is 3.11. The highest BCUT2D eigenvalue weighted by molar-refractivity contribution is 9.09. The lowest BCUT2D eigenvalue weighted by Gasteiger charge is -2.28. The zero-order valence-corrected chi connectivity index (χ0v) is 18.9. The van der Waals surface area contributed by atoms with Crippen LogP contribution in [0.5, 0.6) is 0 Å². The van der Waals surface area contributed by atoms with Crippen LogP contribution in [0.25, 0.3) is 0 Å². The van der Waals surface area contributed by atoms with Crippen molar-refractivity contribution < 1.29 is 24.1 Å². The summed E-state index contributed by atoms with van der Waals surface area (Å²) in [5.74, 6) is -0.668. The summed E-state index contributed by atoms with van der Waals surface area (Å²) in [5.41, 5.74) is 0. The van der Waals surface area contributed by atoms with Gasteiger partial charge < -0.3 is 24.1 Å². The molecular formula is C21H39BrO5. The fourth-order valence-corrected chi connectivity index (χ4v) is 4.27. The molecule has 6 heteroatoms. The minimum absolute atomic E-state index is 0.276. The molecule has 0 bridgehead atoms. The molecule has 1 N–H and O–H groups in total. The molecule has 5 nitrogen and oxygen atoms in total. The third kappa shape index (κ3) is 7.56. The molecule has 0 unspecified atom stereocenters. The molecule has 2 heterocycles. The molecule has 2 rings (SSSR count). The maximum absolute atomic E-state index is 10.2. The predicted octanol–water partition coefficient (Wildman–Crippen LogP) is 4.92. The molecule has 0 spiro atoms. The third-order valence-electron chi connectivity index (χ3n) is 5.37. The molecule has 0 amide bonds. The minimum atomic E-state index is -0.668. The number of rotatable bonds is 14. The van der Waals surface area contributed by atoms with Crippen LogP contribution in [0.1, 0.15) is 85.0 Å². The summed E-state index contributed by atoms with van der Waals surface area (Å²) in [4.78, 5) is 0. The van der Waals surface area contributed by atoms with Crippen LogP contribution in [-0.4, -0.2) is 53.5 Å². The number of aliphatic hydroxyl groups is 1. The highest BCUT2D eigenvalue weighted by Crippen LogP contribution is 2.39. The van der Waals surface area contributed by atoms with E-state index in [1.807, 2.05) is 13.8 Å². The van der Waals surface area contributed by atoms with E-state index in [1.165, 1.54) is 57.8 Å². The number of ether oxygens (including phenoxy) is 4. The highest BCUT2D eigenvalue weighted by atomic mass is 79.9. The van der Waals surface area contributed by atoms with Gasteiger partial charge in [-0.05, 0) is 20.3 Å². The summed E-state index contributed by atoms with van der Waals surface area (Å²) in [6.45, 7) is 6.69. The van der Waals surface area contributed by atoms with Crippen molar-refractivity contribution in [2.24, 2.45) is 0 Å². The first-order valence-corrected chi connectivity index (χ1v) is 12.0. The summed E-state index contributed by atoms with van der Waals surface area (Å²) >= 11 is 3.32. The van der Waals surface area contributed by atoms with Crippen LogP contribution in [0.4, 0.5) is 0 Å². The Labute approximate surface area is 173 Å². The first kappa shape index (κ1) is 23.6. The second-order valence-corrected chi connectivity index (χ2v) is 8.96. The number of unbranched alkanes of at least 4 members (excludes halogenated alkanes) is 9. The molecule has 2 fully saturated rings. The molecule has 0 aromatic rings. The Kier molecular flexibility index (Phi) is 10.5. The third-order valence-corrected chi connectivity index (χ3v) is 6.04. The van der Waals surface area contributed by atoms with E-state index in [-0.39, 0.29) is 12.2 Å². The van der Waals surface area contributed by atoms with Crippen LogP contribution in [-0.2, 0) is 18.9 Å². The number of alkyl halides is 1. The van der Waals surface area contributed by atoms with Gasteiger partial charge in [0.25, 0.3) is 0 Å². The minimum Gasteiger partial charge on any atom is -0.389 e. The molecule has 0 radical (unpaired) electrons. The lowest BCUT2D eigenvalue weighted by atomic mass is 10.1. The van der Waals surface area contributed by atoms with Gasteiger partial charge in [-0.3, -0.25) is 0 Å². The van der Waals surface area contributed by atoms with E-state index in [2.05, 4.69) is 22.9 Å². The van der Waals surface area contributed by atoms with Crippen molar-refractivity contribution in [3.8, 4) is 0 Å². The average molecular weight is 451 g/mol. The quantitative estimate of drug-likeness (QED) is 0.300. The SMILES string of the molecule is CCCCCCCCCCCCO[C@@H]1[C@H]2OC(C)(C)O[C@H]2O[C@@H]1[C@H](O)CBr. The molecule has 2 aliphatic rings. The van der Waals surface area contributed by atoms with Crippen LogP contribution >= 0.6 is 15.9 Å². The Hall–Kier alpha value is 0.280. The van der Waals surface area contributed by atoms with Gasteiger partial charge in [-0.1, -0.05) is 80.6 Å². The van der Waals surface area contributed by atoms with Gasteiger partial charge in [0.2, 0.25) is 0 Å². The lowest BCUT2D eigenvalue weighted by molar-refractivity contribution is -0.228. The number of halogens is 1. The normalized spacial score (nSPS) is 30.6.